The topological polar surface area (TPSA) is 49.5 Å². The van der Waals surface area contributed by atoms with Crippen molar-refractivity contribution in [2.75, 3.05) is 13.2 Å². The van der Waals surface area contributed by atoms with Crippen molar-refractivity contribution < 1.29 is 5.11 Å². The number of fused-ring (bicyclic) bond motifs is 1. The molecule has 3 N–H and O–H groups in total. The molecule has 106 valence electrons. The lowest BCUT2D eigenvalue weighted by molar-refractivity contribution is -0.00933. The van der Waals surface area contributed by atoms with E-state index in [1.807, 2.05) is 0 Å². The summed E-state index contributed by atoms with van der Waals surface area (Å²) in [5.74, 6) is 1.30. The maximum Gasteiger partial charge on any atom is 0.0602 e. The van der Waals surface area contributed by atoms with Crippen LogP contribution < -0.4 is 5.73 Å². The van der Waals surface area contributed by atoms with Crippen LogP contribution in [0.3, 0.4) is 0 Å². The molecule has 0 amide bonds. The van der Waals surface area contributed by atoms with E-state index in [0.29, 0.717) is 12.0 Å². The molecule has 1 saturated heterocycles. The van der Waals surface area contributed by atoms with E-state index in [0.717, 1.165) is 12.5 Å². The second-order valence-electron chi connectivity index (χ2n) is 6.56. The molecule has 2 fully saturated rings. The molecule has 18 heavy (non-hydrogen) atoms. The molecule has 2 rings (SSSR count). The lowest BCUT2D eigenvalue weighted by Crippen LogP contribution is -2.59. The Morgan fingerprint density at radius 2 is 1.83 bits per heavy atom. The molecule has 0 aromatic rings. The second-order valence-corrected chi connectivity index (χ2v) is 6.56. The van der Waals surface area contributed by atoms with Crippen LogP contribution in [0.5, 0.6) is 0 Å². The molecule has 1 saturated carbocycles. The highest BCUT2D eigenvalue weighted by Gasteiger charge is 2.38. The zero-order valence-corrected chi connectivity index (χ0v) is 12.0. The molecule has 3 heteroatoms. The van der Waals surface area contributed by atoms with E-state index >= 15 is 0 Å². The minimum absolute atomic E-state index is 0.0932. The third-order valence-corrected chi connectivity index (χ3v) is 5.11. The highest BCUT2D eigenvalue weighted by molar-refractivity contribution is 4.94. The predicted molar refractivity (Wildman–Crippen MR) is 75.4 cm³/mol. The van der Waals surface area contributed by atoms with Gasteiger partial charge in [-0.25, -0.2) is 0 Å². The summed E-state index contributed by atoms with van der Waals surface area (Å²) in [6.07, 6.45) is 8.11. The molecule has 0 spiro atoms. The van der Waals surface area contributed by atoms with E-state index in [9.17, 15) is 5.11 Å². The molecule has 0 aromatic heterocycles. The van der Waals surface area contributed by atoms with Crippen LogP contribution in [0.25, 0.3) is 0 Å². The van der Waals surface area contributed by atoms with Gasteiger partial charge >= 0.3 is 0 Å². The van der Waals surface area contributed by atoms with Gasteiger partial charge in [0.25, 0.3) is 0 Å². The van der Waals surface area contributed by atoms with Gasteiger partial charge in [-0.1, -0.05) is 26.7 Å². The van der Waals surface area contributed by atoms with Crippen molar-refractivity contribution in [1.29, 1.82) is 0 Å². The van der Waals surface area contributed by atoms with Crippen molar-refractivity contribution >= 4 is 0 Å². The van der Waals surface area contributed by atoms with Crippen LogP contribution in [-0.4, -0.2) is 41.3 Å². The van der Waals surface area contributed by atoms with Gasteiger partial charge in [-0.05, 0) is 44.1 Å². The molecule has 4 atom stereocenters. The number of nitrogens with zero attached hydrogens (tertiary/aromatic N) is 1. The number of aliphatic hydroxyl groups excluding tert-OH is 1. The molecule has 1 heterocycles. The molecule has 0 radical (unpaired) electrons. The molecule has 2 aliphatic rings. The van der Waals surface area contributed by atoms with Crippen LogP contribution in [0.1, 0.15) is 52.4 Å². The first-order chi connectivity index (χ1) is 8.65. The van der Waals surface area contributed by atoms with Gasteiger partial charge in [0.2, 0.25) is 0 Å². The standard InChI is InChI=1S/C15H30N2O/c1-11(2)15(16)14(10-18)17-9-5-7-12-6-3-4-8-13(12)17/h11-15,18H,3-10,16H2,1-2H3/t12-,13-,14?,15?/m1/s1. The lowest BCUT2D eigenvalue weighted by atomic mass is 9.77. The van der Waals surface area contributed by atoms with Crippen molar-refractivity contribution in [2.45, 2.75) is 70.5 Å². The summed E-state index contributed by atoms with van der Waals surface area (Å²) in [4.78, 5) is 2.55. The average molecular weight is 254 g/mol. The smallest absolute Gasteiger partial charge is 0.0602 e. The van der Waals surface area contributed by atoms with Gasteiger partial charge in [-0.2, -0.15) is 0 Å². The maximum absolute atomic E-state index is 9.77. The molecule has 2 unspecified atom stereocenters. The van der Waals surface area contributed by atoms with Gasteiger partial charge in [0.15, 0.2) is 0 Å². The Hall–Kier alpha value is -0.120. The quantitative estimate of drug-likeness (QED) is 0.806. The highest BCUT2D eigenvalue weighted by atomic mass is 16.3. The first-order valence-corrected chi connectivity index (χ1v) is 7.77. The maximum atomic E-state index is 9.77. The fraction of sp³-hybridized carbons (Fsp3) is 1.00. The summed E-state index contributed by atoms with van der Waals surface area (Å²) in [6, 6.07) is 0.945. The third kappa shape index (κ3) is 2.89. The van der Waals surface area contributed by atoms with Crippen molar-refractivity contribution in [3.05, 3.63) is 0 Å². The van der Waals surface area contributed by atoms with Crippen LogP contribution in [0.15, 0.2) is 0 Å². The first kappa shape index (κ1) is 14.3. The SMILES string of the molecule is CC(C)C(N)C(CO)N1CCC[C@H]2CCCC[C@H]21. The van der Waals surface area contributed by atoms with Crippen LogP contribution in [0.2, 0.25) is 0 Å². The zero-order chi connectivity index (χ0) is 13.1. The number of piperidine rings is 1. The summed E-state index contributed by atoms with van der Waals surface area (Å²) < 4.78 is 0. The molecule has 0 aromatic carbocycles. The number of aliphatic hydroxyl groups is 1. The zero-order valence-electron chi connectivity index (χ0n) is 12.0. The summed E-state index contributed by atoms with van der Waals surface area (Å²) in [5, 5.41) is 9.77. The van der Waals surface area contributed by atoms with Crippen LogP contribution in [0.4, 0.5) is 0 Å². The van der Waals surface area contributed by atoms with E-state index in [1.165, 1.54) is 38.5 Å². The van der Waals surface area contributed by atoms with Gasteiger partial charge in [-0.15, -0.1) is 0 Å². The van der Waals surface area contributed by atoms with Crippen molar-refractivity contribution in [2.24, 2.45) is 17.6 Å². The Labute approximate surface area is 112 Å². The number of hydrogen-bond acceptors (Lipinski definition) is 3. The van der Waals surface area contributed by atoms with E-state index in [4.69, 9.17) is 5.73 Å². The van der Waals surface area contributed by atoms with E-state index in [-0.39, 0.29) is 18.7 Å². The van der Waals surface area contributed by atoms with Gasteiger partial charge in [-0.3, -0.25) is 4.90 Å². The van der Waals surface area contributed by atoms with E-state index in [1.54, 1.807) is 0 Å². The first-order valence-electron chi connectivity index (χ1n) is 7.77. The minimum atomic E-state index is 0.0932. The third-order valence-electron chi connectivity index (χ3n) is 5.11. The van der Waals surface area contributed by atoms with Crippen LogP contribution in [-0.2, 0) is 0 Å². The molecule has 3 nitrogen and oxygen atoms in total. The molecular formula is C15H30N2O. The summed E-state index contributed by atoms with van der Waals surface area (Å²) in [7, 11) is 0. The fourth-order valence-corrected chi connectivity index (χ4v) is 3.97. The number of rotatable bonds is 4. The van der Waals surface area contributed by atoms with Gasteiger partial charge < -0.3 is 10.8 Å². The monoisotopic (exact) mass is 254 g/mol. The molecule has 0 bridgehead atoms. The Balaban J connectivity index is 2.08. The van der Waals surface area contributed by atoms with E-state index < -0.39 is 0 Å². The average Bonchev–Trinajstić information content (AvgIpc) is 2.39. The summed E-state index contributed by atoms with van der Waals surface area (Å²) in [6.45, 7) is 5.67. The molecular weight excluding hydrogens is 224 g/mol. The molecule has 1 aliphatic heterocycles. The Morgan fingerprint density at radius 3 is 2.50 bits per heavy atom. The Kier molecular flexibility index (Phi) is 5.05. The van der Waals surface area contributed by atoms with Crippen molar-refractivity contribution in [3.8, 4) is 0 Å². The van der Waals surface area contributed by atoms with Gasteiger partial charge in [0.05, 0.1) is 6.61 Å². The Morgan fingerprint density at radius 1 is 1.17 bits per heavy atom. The number of hydrogen-bond donors (Lipinski definition) is 2. The lowest BCUT2D eigenvalue weighted by Gasteiger charge is -2.49. The number of likely N-dealkylation sites (tertiary alicyclic amines) is 1. The van der Waals surface area contributed by atoms with Crippen LogP contribution >= 0.6 is 0 Å². The molecule has 1 aliphatic carbocycles. The Bertz CT molecular complexity index is 255. The van der Waals surface area contributed by atoms with Crippen molar-refractivity contribution in [1.82, 2.24) is 4.90 Å². The fourth-order valence-electron chi connectivity index (χ4n) is 3.97. The second kappa shape index (κ2) is 6.36. The highest BCUT2D eigenvalue weighted by Crippen LogP contribution is 2.36. The van der Waals surface area contributed by atoms with E-state index in [2.05, 4.69) is 18.7 Å². The van der Waals surface area contributed by atoms with Crippen LogP contribution in [0, 0.1) is 11.8 Å². The minimum Gasteiger partial charge on any atom is -0.395 e. The predicted octanol–water partition coefficient (Wildman–Crippen LogP) is 1.99. The van der Waals surface area contributed by atoms with Gasteiger partial charge in [0, 0.05) is 18.1 Å². The largest absolute Gasteiger partial charge is 0.395 e. The number of nitrogens with two attached hydrogens (primary N) is 1. The summed E-state index contributed by atoms with van der Waals surface area (Å²) >= 11 is 0. The normalized spacial score (nSPS) is 33.2. The van der Waals surface area contributed by atoms with Crippen molar-refractivity contribution in [3.63, 3.8) is 0 Å². The summed E-state index contributed by atoms with van der Waals surface area (Å²) in [5.41, 5.74) is 6.32. The van der Waals surface area contributed by atoms with Gasteiger partial charge in [0.1, 0.15) is 0 Å².